The van der Waals surface area contributed by atoms with Crippen LogP contribution in [-0.4, -0.2) is 42.0 Å². The maximum Gasteiger partial charge on any atom is 0.224 e. The van der Waals surface area contributed by atoms with Crippen LogP contribution in [0.2, 0.25) is 0 Å². The third-order valence-electron chi connectivity index (χ3n) is 5.00. The molecule has 4 heteroatoms. The van der Waals surface area contributed by atoms with Crippen LogP contribution in [0, 0.1) is 12.8 Å². The van der Waals surface area contributed by atoms with Crippen LogP contribution < -0.4 is 5.32 Å². The predicted molar refractivity (Wildman–Crippen MR) is 94.6 cm³/mol. The van der Waals surface area contributed by atoms with Crippen molar-refractivity contribution in [1.82, 2.24) is 15.2 Å². The number of likely N-dealkylation sites (tertiary alicyclic amines) is 1. The molecular weight excluding hydrogens is 286 g/mol. The van der Waals surface area contributed by atoms with Crippen LogP contribution in [0.5, 0.6) is 0 Å². The van der Waals surface area contributed by atoms with Gasteiger partial charge < -0.3 is 15.2 Å². The number of carbonyl (C=O) groups is 1. The van der Waals surface area contributed by atoms with Gasteiger partial charge in [-0.15, -0.1) is 0 Å². The quantitative estimate of drug-likeness (QED) is 0.892. The summed E-state index contributed by atoms with van der Waals surface area (Å²) >= 11 is 0. The van der Waals surface area contributed by atoms with Gasteiger partial charge in [-0.1, -0.05) is 25.1 Å². The molecule has 1 aromatic carbocycles. The van der Waals surface area contributed by atoms with Crippen LogP contribution in [-0.2, 0) is 11.2 Å². The van der Waals surface area contributed by atoms with E-state index in [1.807, 2.05) is 19.1 Å². The summed E-state index contributed by atoms with van der Waals surface area (Å²) in [6.07, 6.45) is 2.93. The molecule has 2 aromatic rings. The molecule has 1 aliphatic heterocycles. The van der Waals surface area contributed by atoms with E-state index in [9.17, 15) is 4.79 Å². The van der Waals surface area contributed by atoms with Gasteiger partial charge in [-0.2, -0.15) is 0 Å². The molecule has 1 aliphatic rings. The fourth-order valence-corrected chi connectivity index (χ4v) is 3.65. The second kappa shape index (κ2) is 7.18. The fraction of sp³-hybridized carbons (Fsp3) is 0.526. The van der Waals surface area contributed by atoms with Crippen LogP contribution in [0.25, 0.3) is 10.9 Å². The number of fused-ring (bicyclic) bond motifs is 1. The number of nitrogens with zero attached hydrogens (tertiary/aromatic N) is 1. The number of H-pyrrole nitrogens is 1. The van der Waals surface area contributed by atoms with Gasteiger partial charge in [0.1, 0.15) is 0 Å². The molecule has 0 spiro atoms. The maximum atomic E-state index is 12.4. The number of aryl methyl sites for hydroxylation is 1. The first-order valence-electron chi connectivity index (χ1n) is 8.72. The molecule has 2 heterocycles. The summed E-state index contributed by atoms with van der Waals surface area (Å²) in [7, 11) is 0. The number of hydrogen-bond acceptors (Lipinski definition) is 2. The fourth-order valence-electron chi connectivity index (χ4n) is 3.65. The van der Waals surface area contributed by atoms with Crippen molar-refractivity contribution in [3.63, 3.8) is 0 Å². The molecule has 0 unspecified atom stereocenters. The number of rotatable bonds is 5. The zero-order valence-electron chi connectivity index (χ0n) is 14.2. The molecule has 1 amide bonds. The molecule has 124 valence electrons. The van der Waals surface area contributed by atoms with Crippen molar-refractivity contribution >= 4 is 16.8 Å². The minimum absolute atomic E-state index is 0.131. The number of carbonyl (C=O) groups excluding carboxylic acids is 1. The Labute approximate surface area is 138 Å². The van der Waals surface area contributed by atoms with Gasteiger partial charge in [0, 0.05) is 29.7 Å². The van der Waals surface area contributed by atoms with Crippen LogP contribution in [0.1, 0.15) is 31.0 Å². The average molecular weight is 313 g/mol. The number of para-hydroxylation sites is 1. The Hall–Kier alpha value is -1.81. The monoisotopic (exact) mass is 313 g/mol. The van der Waals surface area contributed by atoms with Gasteiger partial charge in [0.15, 0.2) is 0 Å². The summed E-state index contributed by atoms with van der Waals surface area (Å²) in [5, 5.41) is 4.31. The van der Waals surface area contributed by atoms with E-state index in [1.165, 1.54) is 19.4 Å². The van der Waals surface area contributed by atoms with E-state index in [4.69, 9.17) is 0 Å². The van der Waals surface area contributed by atoms with E-state index in [-0.39, 0.29) is 5.91 Å². The Balaban J connectivity index is 1.57. The molecule has 0 aliphatic carbocycles. The van der Waals surface area contributed by atoms with Gasteiger partial charge >= 0.3 is 0 Å². The van der Waals surface area contributed by atoms with Crippen molar-refractivity contribution in [2.24, 2.45) is 5.92 Å². The Morgan fingerprint density at radius 3 is 3.04 bits per heavy atom. The SMILES string of the molecule is CCN1CCC[C@@H](CNC(=O)Cc2c(C)[nH]c3ccccc23)C1. The van der Waals surface area contributed by atoms with Crippen molar-refractivity contribution < 1.29 is 4.79 Å². The molecule has 3 rings (SSSR count). The highest BCUT2D eigenvalue weighted by molar-refractivity contribution is 5.90. The molecule has 1 saturated heterocycles. The van der Waals surface area contributed by atoms with Crippen molar-refractivity contribution in [3.05, 3.63) is 35.5 Å². The lowest BCUT2D eigenvalue weighted by Crippen LogP contribution is -2.41. The number of aromatic nitrogens is 1. The van der Waals surface area contributed by atoms with Gasteiger partial charge in [-0.25, -0.2) is 0 Å². The van der Waals surface area contributed by atoms with Gasteiger partial charge in [0.05, 0.1) is 6.42 Å². The predicted octanol–water partition coefficient (Wildman–Crippen LogP) is 2.87. The Kier molecular flexibility index (Phi) is 5.01. The zero-order chi connectivity index (χ0) is 16.2. The number of benzene rings is 1. The van der Waals surface area contributed by atoms with E-state index >= 15 is 0 Å². The summed E-state index contributed by atoms with van der Waals surface area (Å²) in [5.41, 5.74) is 3.33. The second-order valence-corrected chi connectivity index (χ2v) is 6.66. The van der Waals surface area contributed by atoms with Crippen molar-refractivity contribution in [2.75, 3.05) is 26.2 Å². The van der Waals surface area contributed by atoms with E-state index in [0.29, 0.717) is 12.3 Å². The largest absolute Gasteiger partial charge is 0.358 e. The minimum Gasteiger partial charge on any atom is -0.358 e. The van der Waals surface area contributed by atoms with Crippen molar-refractivity contribution in [1.29, 1.82) is 0 Å². The van der Waals surface area contributed by atoms with E-state index < -0.39 is 0 Å². The van der Waals surface area contributed by atoms with E-state index in [1.54, 1.807) is 0 Å². The standard InChI is InChI=1S/C19H27N3O/c1-3-22-10-6-7-15(13-22)12-20-19(23)11-17-14(2)21-18-9-5-4-8-16(17)18/h4-5,8-9,15,21H,3,6-7,10-13H2,1-2H3,(H,20,23)/t15-/m0/s1. The first-order valence-corrected chi connectivity index (χ1v) is 8.72. The lowest BCUT2D eigenvalue weighted by atomic mass is 9.98. The lowest BCUT2D eigenvalue weighted by molar-refractivity contribution is -0.120. The van der Waals surface area contributed by atoms with Crippen LogP contribution in [0.4, 0.5) is 0 Å². The Morgan fingerprint density at radius 2 is 2.22 bits per heavy atom. The van der Waals surface area contributed by atoms with E-state index in [0.717, 1.165) is 41.8 Å². The topological polar surface area (TPSA) is 48.1 Å². The first kappa shape index (κ1) is 16.1. The third-order valence-corrected chi connectivity index (χ3v) is 5.00. The van der Waals surface area contributed by atoms with Crippen molar-refractivity contribution in [2.45, 2.75) is 33.1 Å². The summed E-state index contributed by atoms with van der Waals surface area (Å²) in [6.45, 7) is 8.48. The molecule has 1 aromatic heterocycles. The van der Waals surface area contributed by atoms with Crippen LogP contribution in [0.15, 0.2) is 24.3 Å². The molecule has 2 N–H and O–H groups in total. The molecule has 1 atom stereocenters. The number of hydrogen-bond donors (Lipinski definition) is 2. The zero-order valence-corrected chi connectivity index (χ0v) is 14.2. The average Bonchev–Trinajstić information content (AvgIpc) is 2.89. The van der Waals surface area contributed by atoms with E-state index in [2.05, 4.69) is 34.3 Å². The Morgan fingerprint density at radius 1 is 1.39 bits per heavy atom. The second-order valence-electron chi connectivity index (χ2n) is 6.66. The highest BCUT2D eigenvalue weighted by Crippen LogP contribution is 2.22. The summed E-state index contributed by atoms with van der Waals surface area (Å²) in [6, 6.07) is 8.19. The molecule has 1 fully saturated rings. The highest BCUT2D eigenvalue weighted by atomic mass is 16.1. The van der Waals surface area contributed by atoms with Gasteiger partial charge in [0.2, 0.25) is 5.91 Å². The molecule has 23 heavy (non-hydrogen) atoms. The maximum absolute atomic E-state index is 12.4. The summed E-state index contributed by atoms with van der Waals surface area (Å²) < 4.78 is 0. The van der Waals surface area contributed by atoms with Gasteiger partial charge in [-0.05, 0) is 50.4 Å². The van der Waals surface area contributed by atoms with Crippen LogP contribution in [0.3, 0.4) is 0 Å². The normalized spacial score (nSPS) is 19.1. The minimum atomic E-state index is 0.131. The molecule has 0 bridgehead atoms. The lowest BCUT2D eigenvalue weighted by Gasteiger charge is -2.31. The van der Waals surface area contributed by atoms with Gasteiger partial charge in [-0.3, -0.25) is 4.79 Å². The number of amides is 1. The number of piperidine rings is 1. The third kappa shape index (κ3) is 3.75. The molecule has 4 nitrogen and oxygen atoms in total. The first-order chi connectivity index (χ1) is 11.2. The Bertz CT molecular complexity index is 676. The van der Waals surface area contributed by atoms with Crippen molar-refractivity contribution in [3.8, 4) is 0 Å². The number of aromatic amines is 1. The van der Waals surface area contributed by atoms with Gasteiger partial charge in [0.25, 0.3) is 0 Å². The number of nitrogens with one attached hydrogen (secondary N) is 2. The smallest absolute Gasteiger partial charge is 0.224 e. The van der Waals surface area contributed by atoms with Crippen LogP contribution >= 0.6 is 0 Å². The highest BCUT2D eigenvalue weighted by Gasteiger charge is 2.19. The summed E-state index contributed by atoms with van der Waals surface area (Å²) in [4.78, 5) is 18.2. The molecule has 0 saturated carbocycles. The molecular formula is C19H27N3O. The molecule has 0 radical (unpaired) electrons. The summed E-state index contributed by atoms with van der Waals surface area (Å²) in [5.74, 6) is 0.725.